The quantitative estimate of drug-likeness (QED) is 0.761. The summed E-state index contributed by atoms with van der Waals surface area (Å²) in [4.78, 5) is 11.8. The van der Waals surface area contributed by atoms with Gasteiger partial charge in [0.2, 0.25) is 5.91 Å². The van der Waals surface area contributed by atoms with Gasteiger partial charge in [0.05, 0.1) is 12.4 Å². The molecule has 0 spiro atoms. The van der Waals surface area contributed by atoms with Crippen molar-refractivity contribution in [2.24, 2.45) is 0 Å². The predicted molar refractivity (Wildman–Crippen MR) is 83.4 cm³/mol. The van der Waals surface area contributed by atoms with Gasteiger partial charge in [0.1, 0.15) is 5.25 Å². The molecule has 0 radical (unpaired) electrons. The van der Waals surface area contributed by atoms with Crippen LogP contribution in [0.15, 0.2) is 18.2 Å². The van der Waals surface area contributed by atoms with Crippen LogP contribution < -0.4 is 5.32 Å². The van der Waals surface area contributed by atoms with E-state index in [0.29, 0.717) is 17.2 Å². The molecular weight excluding hydrogens is 337 g/mol. The van der Waals surface area contributed by atoms with Crippen LogP contribution in [-0.4, -0.2) is 39.8 Å². The first-order chi connectivity index (χ1) is 9.77. The second-order valence-corrected chi connectivity index (χ2v) is 7.63. The summed E-state index contributed by atoms with van der Waals surface area (Å²) in [5, 5.41) is 2.02. The maximum absolute atomic E-state index is 12.2. The molecule has 0 fully saturated rings. The Morgan fingerprint density at radius 1 is 1.38 bits per heavy atom. The zero-order valence-corrected chi connectivity index (χ0v) is 14.1. The molecule has 1 amide bonds. The average molecular weight is 354 g/mol. The SMILES string of the molecule is COCCNC(=O)[C@@H](C)S(=O)(=O)Cc1ccc(Cl)cc1Cl. The molecule has 0 aliphatic carbocycles. The lowest BCUT2D eigenvalue weighted by atomic mass is 10.2. The van der Waals surface area contributed by atoms with Crippen LogP contribution in [0.1, 0.15) is 12.5 Å². The van der Waals surface area contributed by atoms with E-state index < -0.39 is 21.0 Å². The van der Waals surface area contributed by atoms with E-state index in [1.807, 2.05) is 0 Å². The highest BCUT2D eigenvalue weighted by atomic mass is 35.5. The predicted octanol–water partition coefficient (Wildman–Crippen LogP) is 2.06. The number of hydrogen-bond acceptors (Lipinski definition) is 4. The normalized spacial score (nSPS) is 13.0. The van der Waals surface area contributed by atoms with E-state index in [-0.39, 0.29) is 17.3 Å². The number of ether oxygens (including phenoxy) is 1. The molecule has 8 heteroatoms. The second-order valence-electron chi connectivity index (χ2n) is 4.47. The molecule has 0 aliphatic rings. The van der Waals surface area contributed by atoms with Gasteiger partial charge in [0, 0.05) is 23.7 Å². The highest BCUT2D eigenvalue weighted by molar-refractivity contribution is 7.92. The minimum absolute atomic E-state index is 0.261. The summed E-state index contributed by atoms with van der Waals surface area (Å²) >= 11 is 11.7. The zero-order chi connectivity index (χ0) is 16.0. The molecule has 0 aliphatic heterocycles. The van der Waals surface area contributed by atoms with Gasteiger partial charge < -0.3 is 10.1 Å². The number of carbonyl (C=O) groups excluding carboxylic acids is 1. The molecule has 0 heterocycles. The maximum atomic E-state index is 12.2. The second kappa shape index (κ2) is 7.98. The third-order valence-electron chi connectivity index (χ3n) is 2.89. The van der Waals surface area contributed by atoms with E-state index in [1.165, 1.54) is 26.2 Å². The third-order valence-corrected chi connectivity index (χ3v) is 5.48. The number of halogens is 2. The fraction of sp³-hybridized carbons (Fsp3) is 0.462. The summed E-state index contributed by atoms with van der Waals surface area (Å²) in [5.74, 6) is -0.876. The van der Waals surface area contributed by atoms with Crippen molar-refractivity contribution in [2.45, 2.75) is 17.9 Å². The average Bonchev–Trinajstić information content (AvgIpc) is 2.41. The van der Waals surface area contributed by atoms with Crippen molar-refractivity contribution in [1.82, 2.24) is 5.32 Å². The number of nitrogens with one attached hydrogen (secondary N) is 1. The standard InChI is InChI=1S/C13H17Cl2NO4S/c1-9(13(17)16-5-6-20-2)21(18,19)8-10-3-4-11(14)7-12(10)15/h3-4,7,9H,5-6,8H2,1-2H3,(H,16,17)/t9-/m1/s1. The van der Waals surface area contributed by atoms with Gasteiger partial charge in [-0.1, -0.05) is 29.3 Å². The lowest BCUT2D eigenvalue weighted by Gasteiger charge is -2.14. The molecular formula is C13H17Cl2NO4S. The number of carbonyl (C=O) groups is 1. The molecule has 0 unspecified atom stereocenters. The van der Waals surface area contributed by atoms with Crippen molar-refractivity contribution in [3.63, 3.8) is 0 Å². The minimum atomic E-state index is -3.67. The van der Waals surface area contributed by atoms with Crippen molar-refractivity contribution in [2.75, 3.05) is 20.3 Å². The molecule has 1 aromatic carbocycles. The third kappa shape index (κ3) is 5.47. The van der Waals surface area contributed by atoms with Crippen LogP contribution >= 0.6 is 23.2 Å². The Labute approximate surface area is 134 Å². The fourth-order valence-electron chi connectivity index (χ4n) is 1.56. The van der Waals surface area contributed by atoms with Crippen LogP contribution in [-0.2, 0) is 25.1 Å². The number of amides is 1. The Hall–Kier alpha value is -0.820. The van der Waals surface area contributed by atoms with Crippen molar-refractivity contribution in [3.05, 3.63) is 33.8 Å². The molecule has 0 saturated carbocycles. The van der Waals surface area contributed by atoms with Gasteiger partial charge >= 0.3 is 0 Å². The minimum Gasteiger partial charge on any atom is -0.383 e. The molecule has 1 rings (SSSR count). The van der Waals surface area contributed by atoms with Crippen LogP contribution in [0.2, 0.25) is 10.0 Å². The zero-order valence-electron chi connectivity index (χ0n) is 11.7. The van der Waals surface area contributed by atoms with Crippen molar-refractivity contribution in [1.29, 1.82) is 0 Å². The van der Waals surface area contributed by atoms with Crippen LogP contribution in [0.3, 0.4) is 0 Å². The van der Waals surface area contributed by atoms with E-state index in [1.54, 1.807) is 6.07 Å². The molecule has 5 nitrogen and oxygen atoms in total. The van der Waals surface area contributed by atoms with Gasteiger partial charge in [-0.15, -0.1) is 0 Å². The first kappa shape index (κ1) is 18.2. The Balaban J connectivity index is 2.78. The summed E-state index contributed by atoms with van der Waals surface area (Å²) in [6.07, 6.45) is 0. The Bertz CT molecular complexity index is 604. The van der Waals surface area contributed by atoms with E-state index in [9.17, 15) is 13.2 Å². The lowest BCUT2D eigenvalue weighted by Crippen LogP contribution is -2.39. The molecule has 1 aromatic rings. The number of methoxy groups -OCH3 is 1. The fourth-order valence-corrected chi connectivity index (χ4v) is 3.46. The summed E-state index contributed by atoms with van der Waals surface area (Å²) < 4.78 is 29.2. The van der Waals surface area contributed by atoms with Crippen LogP contribution in [0.25, 0.3) is 0 Å². The monoisotopic (exact) mass is 353 g/mol. The van der Waals surface area contributed by atoms with Gasteiger partial charge in [-0.3, -0.25) is 4.79 Å². The summed E-state index contributed by atoms with van der Waals surface area (Å²) in [7, 11) is -2.17. The Morgan fingerprint density at radius 3 is 2.62 bits per heavy atom. The molecule has 21 heavy (non-hydrogen) atoms. The number of benzene rings is 1. The smallest absolute Gasteiger partial charge is 0.238 e. The van der Waals surface area contributed by atoms with Crippen molar-refractivity contribution < 1.29 is 17.9 Å². The number of rotatable bonds is 7. The number of sulfone groups is 1. The summed E-state index contributed by atoms with van der Waals surface area (Å²) in [5.41, 5.74) is 0.414. The largest absolute Gasteiger partial charge is 0.383 e. The molecule has 118 valence electrons. The van der Waals surface area contributed by atoms with Gasteiger partial charge in [-0.05, 0) is 24.6 Å². The van der Waals surface area contributed by atoms with Gasteiger partial charge in [-0.2, -0.15) is 0 Å². The molecule has 1 N–H and O–H groups in total. The van der Waals surface area contributed by atoms with Crippen molar-refractivity contribution >= 4 is 38.9 Å². The number of hydrogen-bond donors (Lipinski definition) is 1. The van der Waals surface area contributed by atoms with E-state index in [0.717, 1.165) is 0 Å². The van der Waals surface area contributed by atoms with Gasteiger partial charge in [0.25, 0.3) is 0 Å². The molecule has 0 aromatic heterocycles. The summed E-state index contributed by atoms with van der Waals surface area (Å²) in [6, 6.07) is 4.57. The van der Waals surface area contributed by atoms with Crippen molar-refractivity contribution in [3.8, 4) is 0 Å². The summed E-state index contributed by atoms with van der Waals surface area (Å²) in [6.45, 7) is 1.93. The Morgan fingerprint density at radius 2 is 2.05 bits per heavy atom. The van der Waals surface area contributed by atoms with E-state index in [4.69, 9.17) is 27.9 Å². The first-order valence-electron chi connectivity index (χ1n) is 6.20. The lowest BCUT2D eigenvalue weighted by molar-refractivity contribution is -0.120. The van der Waals surface area contributed by atoms with Gasteiger partial charge in [-0.25, -0.2) is 8.42 Å². The van der Waals surface area contributed by atoms with Crippen LogP contribution in [0.5, 0.6) is 0 Å². The topological polar surface area (TPSA) is 72.5 Å². The van der Waals surface area contributed by atoms with E-state index >= 15 is 0 Å². The first-order valence-corrected chi connectivity index (χ1v) is 8.67. The molecule has 0 saturated heterocycles. The van der Waals surface area contributed by atoms with Crippen LogP contribution in [0.4, 0.5) is 0 Å². The highest BCUT2D eigenvalue weighted by Crippen LogP contribution is 2.24. The Kier molecular flexibility index (Phi) is 6.93. The molecule has 1 atom stereocenters. The molecule has 0 bridgehead atoms. The van der Waals surface area contributed by atoms with Gasteiger partial charge in [0.15, 0.2) is 9.84 Å². The highest BCUT2D eigenvalue weighted by Gasteiger charge is 2.28. The maximum Gasteiger partial charge on any atom is 0.238 e. The van der Waals surface area contributed by atoms with Crippen LogP contribution in [0, 0.1) is 0 Å². The van der Waals surface area contributed by atoms with E-state index in [2.05, 4.69) is 5.32 Å².